The highest BCUT2D eigenvalue weighted by molar-refractivity contribution is 9.10. The van der Waals surface area contributed by atoms with Crippen LogP contribution >= 0.6 is 15.9 Å². The average molecular weight is 478 g/mol. The number of piperidine rings is 1. The van der Waals surface area contributed by atoms with Crippen molar-refractivity contribution >= 4 is 22.0 Å². The Bertz CT molecular complexity index is 756. The molecule has 0 bridgehead atoms. The fourth-order valence-corrected chi connectivity index (χ4v) is 4.63. The van der Waals surface area contributed by atoms with E-state index in [9.17, 15) is 18.0 Å². The first-order chi connectivity index (χ1) is 13.4. The van der Waals surface area contributed by atoms with Gasteiger partial charge in [0, 0.05) is 25.2 Å². The van der Waals surface area contributed by atoms with Gasteiger partial charge in [0.25, 0.3) is 0 Å². The lowest BCUT2D eigenvalue weighted by atomic mass is 9.85. The molecule has 9 heteroatoms. The van der Waals surface area contributed by atoms with Crippen molar-refractivity contribution in [2.24, 2.45) is 0 Å². The zero-order valence-electron chi connectivity index (χ0n) is 17.0. The van der Waals surface area contributed by atoms with Gasteiger partial charge in [-0.3, -0.25) is 4.90 Å². The lowest BCUT2D eigenvalue weighted by Gasteiger charge is -2.45. The van der Waals surface area contributed by atoms with Crippen molar-refractivity contribution in [2.75, 3.05) is 19.6 Å². The number of aromatic nitrogens is 1. The molecule has 2 fully saturated rings. The second-order valence-corrected chi connectivity index (χ2v) is 9.61. The molecule has 2 saturated heterocycles. The van der Waals surface area contributed by atoms with Crippen molar-refractivity contribution in [3.63, 3.8) is 0 Å². The zero-order chi connectivity index (χ0) is 21.4. The van der Waals surface area contributed by atoms with Crippen LogP contribution in [0.1, 0.15) is 57.7 Å². The van der Waals surface area contributed by atoms with Crippen molar-refractivity contribution < 1.29 is 22.7 Å². The summed E-state index contributed by atoms with van der Waals surface area (Å²) < 4.78 is 44.3. The van der Waals surface area contributed by atoms with Crippen LogP contribution < -0.4 is 0 Å². The molecule has 0 N–H and O–H groups in total. The summed E-state index contributed by atoms with van der Waals surface area (Å²) in [6.45, 7) is 8.23. The molecule has 0 saturated carbocycles. The molecular formula is C20H27BrF3N3O2. The van der Waals surface area contributed by atoms with E-state index in [2.05, 4.69) is 25.8 Å². The van der Waals surface area contributed by atoms with Crippen molar-refractivity contribution in [1.82, 2.24) is 14.8 Å². The Balaban J connectivity index is 1.66. The summed E-state index contributed by atoms with van der Waals surface area (Å²) >= 11 is 3.21. The van der Waals surface area contributed by atoms with E-state index in [4.69, 9.17) is 4.74 Å². The minimum atomic E-state index is -4.45. The second-order valence-electron chi connectivity index (χ2n) is 8.86. The number of carbonyl (C=O) groups is 1. The number of carbonyl (C=O) groups excluding carboxylic acids is 1. The summed E-state index contributed by atoms with van der Waals surface area (Å²) in [5, 5.41) is 0. The van der Waals surface area contributed by atoms with Gasteiger partial charge in [-0.1, -0.05) is 6.07 Å². The molecule has 0 atom stereocenters. The molecule has 1 aromatic rings. The maximum absolute atomic E-state index is 12.9. The van der Waals surface area contributed by atoms with Crippen LogP contribution in [0.15, 0.2) is 16.7 Å². The summed E-state index contributed by atoms with van der Waals surface area (Å²) in [7, 11) is 0. The lowest BCUT2D eigenvalue weighted by Crippen LogP contribution is -2.53. The summed E-state index contributed by atoms with van der Waals surface area (Å²) in [5.41, 5.74) is -0.697. The molecule has 1 spiro atoms. The Morgan fingerprint density at radius 3 is 2.38 bits per heavy atom. The van der Waals surface area contributed by atoms with Crippen LogP contribution in [0.4, 0.5) is 18.0 Å². The molecule has 0 unspecified atom stereocenters. The van der Waals surface area contributed by atoms with E-state index >= 15 is 0 Å². The van der Waals surface area contributed by atoms with Gasteiger partial charge in [-0.05, 0) is 80.6 Å². The summed E-state index contributed by atoms with van der Waals surface area (Å²) in [4.78, 5) is 20.1. The number of nitrogens with zero attached hydrogens (tertiary/aromatic N) is 3. The van der Waals surface area contributed by atoms with E-state index < -0.39 is 17.5 Å². The first kappa shape index (κ1) is 22.3. The number of likely N-dealkylation sites (tertiary alicyclic amines) is 2. The molecule has 0 radical (unpaired) electrons. The van der Waals surface area contributed by atoms with E-state index in [1.165, 1.54) is 6.07 Å². The Labute approximate surface area is 177 Å². The minimum absolute atomic E-state index is 0.0271. The number of pyridine rings is 1. The molecule has 5 nitrogen and oxygen atoms in total. The summed E-state index contributed by atoms with van der Waals surface area (Å²) in [6.07, 6.45) is -1.01. The molecule has 2 aliphatic heterocycles. The predicted molar refractivity (Wildman–Crippen MR) is 106 cm³/mol. The zero-order valence-corrected chi connectivity index (χ0v) is 18.6. The van der Waals surface area contributed by atoms with Gasteiger partial charge in [-0.2, -0.15) is 13.2 Å². The number of hydrogen-bond donors (Lipinski definition) is 0. The number of halogens is 4. The third-order valence-corrected chi connectivity index (χ3v) is 6.35. The number of ether oxygens (including phenoxy) is 1. The first-order valence-electron chi connectivity index (χ1n) is 9.85. The number of amides is 1. The molecule has 0 aromatic carbocycles. The first-order valence-corrected chi connectivity index (χ1v) is 10.6. The van der Waals surface area contributed by atoms with E-state index in [0.717, 1.165) is 43.9 Å². The molecule has 3 rings (SSSR count). The third-order valence-electron chi connectivity index (χ3n) is 5.66. The van der Waals surface area contributed by atoms with Crippen LogP contribution in [-0.4, -0.2) is 51.7 Å². The highest BCUT2D eigenvalue weighted by atomic mass is 79.9. The highest BCUT2D eigenvalue weighted by Crippen LogP contribution is 2.40. The van der Waals surface area contributed by atoms with E-state index in [-0.39, 0.29) is 16.2 Å². The van der Waals surface area contributed by atoms with Crippen molar-refractivity contribution in [3.05, 3.63) is 28.0 Å². The SMILES string of the molecule is CC(C)(C)OC(=O)N1CCC2(CCCN2Cc2ccc(C(F)(F)F)nc2Br)CC1. The van der Waals surface area contributed by atoms with Crippen molar-refractivity contribution in [2.45, 2.75) is 70.3 Å². The molecule has 1 amide bonds. The monoisotopic (exact) mass is 477 g/mol. The summed E-state index contributed by atoms with van der Waals surface area (Å²) in [5.74, 6) is 0. The maximum Gasteiger partial charge on any atom is 0.433 e. The minimum Gasteiger partial charge on any atom is -0.444 e. The molecule has 29 heavy (non-hydrogen) atoms. The molecule has 2 aliphatic rings. The van der Waals surface area contributed by atoms with Gasteiger partial charge in [0.05, 0.1) is 0 Å². The fraction of sp³-hybridized carbons (Fsp3) is 0.700. The average Bonchev–Trinajstić information content (AvgIpc) is 2.97. The molecule has 1 aromatic heterocycles. The Morgan fingerprint density at radius 2 is 1.83 bits per heavy atom. The van der Waals surface area contributed by atoms with E-state index in [1.807, 2.05) is 20.8 Å². The van der Waals surface area contributed by atoms with Crippen LogP contribution in [0.5, 0.6) is 0 Å². The van der Waals surface area contributed by atoms with Gasteiger partial charge in [0.2, 0.25) is 0 Å². The largest absolute Gasteiger partial charge is 0.444 e. The quantitative estimate of drug-likeness (QED) is 0.547. The molecular weight excluding hydrogens is 451 g/mol. The van der Waals surface area contributed by atoms with E-state index in [1.54, 1.807) is 4.90 Å². The van der Waals surface area contributed by atoms with Gasteiger partial charge < -0.3 is 9.64 Å². The number of alkyl halides is 3. The topological polar surface area (TPSA) is 45.7 Å². The fourth-order valence-electron chi connectivity index (χ4n) is 4.18. The van der Waals surface area contributed by atoms with Crippen molar-refractivity contribution in [3.8, 4) is 0 Å². The Hall–Kier alpha value is -1.35. The van der Waals surface area contributed by atoms with Crippen LogP contribution in [0, 0.1) is 0 Å². The van der Waals surface area contributed by atoms with Crippen LogP contribution in [0.3, 0.4) is 0 Å². The van der Waals surface area contributed by atoms with Crippen LogP contribution in [0.2, 0.25) is 0 Å². The predicted octanol–water partition coefficient (Wildman–Crippen LogP) is 5.23. The molecule has 162 valence electrons. The number of hydrogen-bond acceptors (Lipinski definition) is 4. The van der Waals surface area contributed by atoms with Crippen LogP contribution in [-0.2, 0) is 17.5 Å². The lowest BCUT2D eigenvalue weighted by molar-refractivity contribution is -0.141. The van der Waals surface area contributed by atoms with Gasteiger partial charge in [0.15, 0.2) is 0 Å². The van der Waals surface area contributed by atoms with Gasteiger partial charge >= 0.3 is 12.3 Å². The Morgan fingerprint density at radius 1 is 1.17 bits per heavy atom. The third kappa shape index (κ3) is 5.23. The normalized spacial score (nSPS) is 20.3. The highest BCUT2D eigenvalue weighted by Gasteiger charge is 2.44. The number of rotatable bonds is 2. The van der Waals surface area contributed by atoms with Gasteiger partial charge in [-0.25, -0.2) is 9.78 Å². The maximum atomic E-state index is 12.9. The molecule has 0 aliphatic carbocycles. The van der Waals surface area contributed by atoms with Gasteiger partial charge in [0.1, 0.15) is 15.9 Å². The standard InChI is InChI=1S/C20H27BrF3N3O2/c1-18(2,3)29-17(28)26-11-8-19(9-12-26)7-4-10-27(19)13-14-5-6-15(20(22,23)24)25-16(14)21/h5-6H,4,7-13H2,1-3H3. The Kier molecular flexibility index (Phi) is 6.21. The summed E-state index contributed by atoms with van der Waals surface area (Å²) in [6, 6.07) is 2.54. The van der Waals surface area contributed by atoms with Crippen molar-refractivity contribution in [1.29, 1.82) is 0 Å². The smallest absolute Gasteiger partial charge is 0.433 e. The van der Waals surface area contributed by atoms with Crippen LogP contribution in [0.25, 0.3) is 0 Å². The van der Waals surface area contributed by atoms with Gasteiger partial charge in [-0.15, -0.1) is 0 Å². The van der Waals surface area contributed by atoms with E-state index in [0.29, 0.717) is 19.6 Å². The second kappa shape index (κ2) is 8.06. The molecule has 3 heterocycles.